The summed E-state index contributed by atoms with van der Waals surface area (Å²) >= 11 is 0. The fourth-order valence-electron chi connectivity index (χ4n) is 18.0. The summed E-state index contributed by atoms with van der Waals surface area (Å²) in [7, 11) is 0. The lowest BCUT2D eigenvalue weighted by Crippen LogP contribution is -2.51. The Morgan fingerprint density at radius 1 is 0.383 bits per heavy atom. The molecular formula is C47H78. The molecule has 0 N–H and O–H groups in total. The van der Waals surface area contributed by atoms with E-state index in [-0.39, 0.29) is 0 Å². The summed E-state index contributed by atoms with van der Waals surface area (Å²) in [5.74, 6) is 18.1. The second-order valence-corrected chi connectivity index (χ2v) is 23.3. The first-order valence-corrected chi connectivity index (χ1v) is 22.4. The molecule has 16 aliphatic carbocycles. The molecule has 0 atom stereocenters. The van der Waals surface area contributed by atoms with Crippen LogP contribution in [0.25, 0.3) is 0 Å². The minimum atomic E-state index is 0.702. The molecule has 0 heteroatoms. The third-order valence-electron chi connectivity index (χ3n) is 20.1. The molecule has 16 aliphatic rings. The highest BCUT2D eigenvalue weighted by Crippen LogP contribution is 2.64. The van der Waals surface area contributed by atoms with Crippen LogP contribution in [0.3, 0.4) is 0 Å². The Labute approximate surface area is 292 Å². The summed E-state index contributed by atoms with van der Waals surface area (Å²) in [6, 6.07) is 0. The van der Waals surface area contributed by atoms with Gasteiger partial charge in [0.2, 0.25) is 0 Å². The highest BCUT2D eigenvalue weighted by Gasteiger charge is 2.54. The Balaban J connectivity index is 0.0000000860. The maximum Gasteiger partial charge on any atom is -0.0271 e. The summed E-state index contributed by atoms with van der Waals surface area (Å²) < 4.78 is 0. The Bertz CT molecular complexity index is 1000. The standard InChI is InChI=1S/C13H22.C12H20.2C11H18/c1-3-13(2)11-5-9-4-10(7-11)8-12(13)6-9;1-12(2)10-4-8-3-9(6-10)7-11(12)5-8;1-11-5-8-2-9(6-11)4-10(3-8)7-11;1-7-10-3-8-2-9(5-10)6-11(7)4-8/h9-12H,3-8H2,1-2H3;8-11H,3-7H2,1-2H3;8-10H,2-7H2,1H3;7-11H,2-6H2,1H3. The van der Waals surface area contributed by atoms with Crippen LogP contribution in [0, 0.1) is 111 Å². The van der Waals surface area contributed by atoms with Gasteiger partial charge in [0, 0.05) is 0 Å². The summed E-state index contributed by atoms with van der Waals surface area (Å²) in [5.41, 5.74) is 2.25. The molecule has 16 bridgehead atoms. The quantitative estimate of drug-likeness (QED) is 0.267. The van der Waals surface area contributed by atoms with E-state index in [2.05, 4.69) is 41.5 Å². The van der Waals surface area contributed by atoms with E-state index >= 15 is 0 Å². The lowest BCUT2D eigenvalue weighted by molar-refractivity contribution is -0.1000. The fraction of sp³-hybridized carbons (Fsp3) is 1.00. The van der Waals surface area contributed by atoms with Gasteiger partial charge in [-0.15, -0.1) is 0 Å². The second kappa shape index (κ2) is 12.0. The molecule has 16 saturated carbocycles. The molecule has 0 aliphatic heterocycles. The summed E-state index contributed by atoms with van der Waals surface area (Å²) in [6.45, 7) is 15.1. The molecule has 0 spiro atoms. The van der Waals surface area contributed by atoms with E-state index in [0.29, 0.717) is 5.41 Å². The maximum absolute atomic E-state index is 2.58. The summed E-state index contributed by atoms with van der Waals surface area (Å²) in [5, 5.41) is 0. The van der Waals surface area contributed by atoms with Crippen LogP contribution in [-0.2, 0) is 0 Å². The molecule has 266 valence electrons. The van der Waals surface area contributed by atoms with Gasteiger partial charge in [-0.2, -0.15) is 0 Å². The molecule has 0 amide bonds. The second-order valence-electron chi connectivity index (χ2n) is 23.3. The average Bonchev–Trinajstić information content (AvgIpc) is 3.00. The Morgan fingerprint density at radius 3 is 1.00 bits per heavy atom. The zero-order chi connectivity index (χ0) is 32.3. The summed E-state index contributed by atoms with van der Waals surface area (Å²) in [4.78, 5) is 0. The SMILES string of the molecule is CC1(C)C2CC3CC(C2)CC1C3.CC12CC3CC(CC(C3)C1)C2.CC1C2CC3CC(C2)CC1C3.CCC1(C)C2CC3CC(C2)CC1C3. The first kappa shape index (κ1) is 32.9. The van der Waals surface area contributed by atoms with E-state index in [0.717, 1.165) is 106 Å². The van der Waals surface area contributed by atoms with E-state index in [1.165, 1.54) is 6.42 Å². The molecule has 0 aromatic carbocycles. The van der Waals surface area contributed by atoms with Crippen molar-refractivity contribution in [2.75, 3.05) is 0 Å². The van der Waals surface area contributed by atoms with E-state index in [4.69, 9.17) is 0 Å². The van der Waals surface area contributed by atoms with Gasteiger partial charge in [-0.25, -0.2) is 0 Å². The Kier molecular flexibility index (Phi) is 8.41. The van der Waals surface area contributed by atoms with Crippen LogP contribution in [0.5, 0.6) is 0 Å². The number of hydrogen-bond donors (Lipinski definition) is 0. The Morgan fingerprint density at radius 2 is 0.681 bits per heavy atom. The Hall–Kier alpha value is 0. The van der Waals surface area contributed by atoms with Crippen molar-refractivity contribution in [1.82, 2.24) is 0 Å². The highest BCUT2D eigenvalue weighted by molar-refractivity contribution is 5.04. The molecular weight excluding hydrogens is 565 g/mol. The molecule has 0 aromatic heterocycles. The van der Waals surface area contributed by atoms with Crippen LogP contribution in [-0.4, -0.2) is 0 Å². The van der Waals surface area contributed by atoms with Crippen LogP contribution in [0.15, 0.2) is 0 Å². The fourth-order valence-corrected chi connectivity index (χ4v) is 18.0. The monoisotopic (exact) mass is 643 g/mol. The lowest BCUT2D eigenvalue weighted by Gasteiger charge is -2.60. The predicted octanol–water partition coefficient (Wildman–Crippen LogP) is 13.6. The van der Waals surface area contributed by atoms with E-state index in [1.807, 2.05) is 0 Å². The minimum Gasteiger partial charge on any atom is -0.0648 e. The molecule has 16 rings (SSSR count). The highest BCUT2D eigenvalue weighted by atomic mass is 14.6. The zero-order valence-corrected chi connectivity index (χ0v) is 32.3. The molecule has 16 fully saturated rings. The van der Waals surface area contributed by atoms with Crippen molar-refractivity contribution in [1.29, 1.82) is 0 Å². The van der Waals surface area contributed by atoms with Gasteiger partial charge in [0.15, 0.2) is 0 Å². The van der Waals surface area contributed by atoms with Crippen molar-refractivity contribution in [2.24, 2.45) is 111 Å². The van der Waals surface area contributed by atoms with Gasteiger partial charge in [0.05, 0.1) is 0 Å². The van der Waals surface area contributed by atoms with Crippen molar-refractivity contribution >= 4 is 0 Å². The van der Waals surface area contributed by atoms with Gasteiger partial charge >= 0.3 is 0 Å². The van der Waals surface area contributed by atoms with Crippen LogP contribution in [0.2, 0.25) is 0 Å². The molecule has 0 radical (unpaired) electrons. The number of hydrogen-bond acceptors (Lipinski definition) is 0. The van der Waals surface area contributed by atoms with Gasteiger partial charge < -0.3 is 0 Å². The van der Waals surface area contributed by atoms with Gasteiger partial charge in [-0.05, 0) is 246 Å². The van der Waals surface area contributed by atoms with Crippen LogP contribution >= 0.6 is 0 Å². The van der Waals surface area contributed by atoms with Gasteiger partial charge in [-0.1, -0.05) is 48.0 Å². The first-order valence-electron chi connectivity index (χ1n) is 22.4. The van der Waals surface area contributed by atoms with Crippen molar-refractivity contribution in [2.45, 2.75) is 183 Å². The topological polar surface area (TPSA) is 0 Å². The molecule has 0 unspecified atom stereocenters. The van der Waals surface area contributed by atoms with E-state index in [9.17, 15) is 0 Å². The van der Waals surface area contributed by atoms with Crippen LogP contribution < -0.4 is 0 Å². The maximum atomic E-state index is 2.58. The van der Waals surface area contributed by atoms with Crippen molar-refractivity contribution in [3.8, 4) is 0 Å². The van der Waals surface area contributed by atoms with Crippen molar-refractivity contribution in [3.05, 3.63) is 0 Å². The molecule has 0 heterocycles. The van der Waals surface area contributed by atoms with Crippen LogP contribution in [0.1, 0.15) is 183 Å². The first-order chi connectivity index (χ1) is 22.4. The average molecular weight is 643 g/mol. The largest absolute Gasteiger partial charge is 0.0648 e. The normalized spacial score (nSPS) is 58.3. The van der Waals surface area contributed by atoms with Crippen molar-refractivity contribution < 1.29 is 0 Å². The van der Waals surface area contributed by atoms with Gasteiger partial charge in [0.1, 0.15) is 0 Å². The zero-order valence-electron chi connectivity index (χ0n) is 32.3. The van der Waals surface area contributed by atoms with Crippen molar-refractivity contribution in [3.63, 3.8) is 0 Å². The van der Waals surface area contributed by atoms with E-state index in [1.54, 1.807) is 135 Å². The third-order valence-corrected chi connectivity index (χ3v) is 20.1. The number of rotatable bonds is 1. The van der Waals surface area contributed by atoms with Crippen LogP contribution in [0.4, 0.5) is 0 Å². The smallest absolute Gasteiger partial charge is 0.0271 e. The predicted molar refractivity (Wildman–Crippen MR) is 199 cm³/mol. The molecule has 0 saturated heterocycles. The van der Waals surface area contributed by atoms with Gasteiger partial charge in [0.25, 0.3) is 0 Å². The minimum absolute atomic E-state index is 0.702. The summed E-state index contributed by atoms with van der Waals surface area (Å²) in [6.07, 6.45) is 34.6. The molecule has 0 nitrogen and oxygen atoms in total. The molecule has 0 aromatic rings. The third kappa shape index (κ3) is 5.98. The molecule has 47 heavy (non-hydrogen) atoms. The lowest BCUT2D eigenvalue weighted by atomic mass is 9.45. The van der Waals surface area contributed by atoms with E-state index < -0.39 is 0 Å². The van der Waals surface area contributed by atoms with Gasteiger partial charge in [-0.3, -0.25) is 0 Å².